The minimum Gasteiger partial charge on any atom is -0.481 e. The molecule has 0 bridgehead atoms. The maximum Gasteiger partial charge on any atom is 0.313 e. The maximum absolute atomic E-state index is 13.9. The van der Waals surface area contributed by atoms with Gasteiger partial charge in [-0.3, -0.25) is 4.79 Å². The molecule has 0 atom stereocenters. The fourth-order valence-corrected chi connectivity index (χ4v) is 3.16. The molecule has 2 nitrogen and oxygen atoms in total. The smallest absolute Gasteiger partial charge is 0.313 e. The molecule has 1 aromatic rings. The number of hydrogen-bond acceptors (Lipinski definition) is 2. The molecular formula is C13H12F4O2S. The summed E-state index contributed by atoms with van der Waals surface area (Å²) in [5, 5.41) is 8.47. The predicted octanol–water partition coefficient (Wildman–Crippen LogP) is 4.08. The van der Waals surface area contributed by atoms with E-state index in [1.807, 2.05) is 0 Å². The van der Waals surface area contributed by atoms with Crippen LogP contribution in [0.15, 0.2) is 4.90 Å². The van der Waals surface area contributed by atoms with Crippen molar-refractivity contribution in [1.29, 1.82) is 0 Å². The highest BCUT2D eigenvalue weighted by atomic mass is 32.2. The topological polar surface area (TPSA) is 37.3 Å². The summed E-state index contributed by atoms with van der Waals surface area (Å²) in [6.45, 7) is 0. The zero-order chi connectivity index (χ0) is 14.9. The third-order valence-corrected chi connectivity index (χ3v) is 4.40. The van der Waals surface area contributed by atoms with Crippen molar-refractivity contribution in [2.24, 2.45) is 0 Å². The van der Waals surface area contributed by atoms with Crippen LogP contribution < -0.4 is 0 Å². The Balaban J connectivity index is 2.44. The van der Waals surface area contributed by atoms with Crippen molar-refractivity contribution in [1.82, 2.24) is 0 Å². The molecule has 1 fully saturated rings. The lowest BCUT2D eigenvalue weighted by Crippen LogP contribution is -2.10. The van der Waals surface area contributed by atoms with Gasteiger partial charge in [0.15, 0.2) is 23.3 Å². The van der Waals surface area contributed by atoms with Crippen LogP contribution in [-0.2, 0) is 4.79 Å². The molecule has 110 valence electrons. The largest absolute Gasteiger partial charge is 0.481 e. The van der Waals surface area contributed by atoms with E-state index in [2.05, 4.69) is 0 Å². The van der Waals surface area contributed by atoms with Crippen LogP contribution >= 0.6 is 11.8 Å². The van der Waals surface area contributed by atoms with Crippen LogP contribution in [0.1, 0.15) is 37.2 Å². The van der Waals surface area contributed by atoms with E-state index in [0.717, 1.165) is 12.8 Å². The standard InChI is InChI=1S/C13H12F4O2S/c14-9-8(6-3-1-2-4-6)10(15)12(17)13(11(9)16)20-5-7(18)19/h6H,1-5H2,(H,18,19). The number of rotatable bonds is 4. The summed E-state index contributed by atoms with van der Waals surface area (Å²) in [5.41, 5.74) is -0.544. The van der Waals surface area contributed by atoms with E-state index in [1.54, 1.807) is 0 Å². The van der Waals surface area contributed by atoms with Gasteiger partial charge in [0.25, 0.3) is 0 Å². The molecule has 0 heterocycles. The minimum absolute atomic E-state index is 0.232. The van der Waals surface area contributed by atoms with E-state index in [9.17, 15) is 22.4 Å². The van der Waals surface area contributed by atoms with Crippen LogP contribution in [0.25, 0.3) is 0 Å². The van der Waals surface area contributed by atoms with Crippen molar-refractivity contribution < 1.29 is 27.5 Å². The quantitative estimate of drug-likeness (QED) is 0.517. The highest BCUT2D eigenvalue weighted by Gasteiger charge is 2.31. The molecule has 0 radical (unpaired) electrons. The van der Waals surface area contributed by atoms with Gasteiger partial charge < -0.3 is 5.11 Å². The van der Waals surface area contributed by atoms with Crippen molar-refractivity contribution in [3.05, 3.63) is 28.8 Å². The normalized spacial score (nSPS) is 15.8. The van der Waals surface area contributed by atoms with Crippen molar-refractivity contribution in [2.45, 2.75) is 36.5 Å². The molecule has 2 rings (SSSR count). The van der Waals surface area contributed by atoms with Gasteiger partial charge in [-0.05, 0) is 18.8 Å². The number of thioether (sulfide) groups is 1. The van der Waals surface area contributed by atoms with E-state index in [0.29, 0.717) is 12.8 Å². The van der Waals surface area contributed by atoms with Gasteiger partial charge in [-0.25, -0.2) is 17.6 Å². The Morgan fingerprint density at radius 3 is 2.00 bits per heavy atom. The fourth-order valence-electron chi connectivity index (χ4n) is 2.46. The third-order valence-electron chi connectivity index (χ3n) is 3.36. The summed E-state index contributed by atoms with van der Waals surface area (Å²) in [6, 6.07) is 0. The van der Waals surface area contributed by atoms with Gasteiger partial charge in [0.1, 0.15) is 0 Å². The molecule has 7 heteroatoms. The number of hydrogen-bond donors (Lipinski definition) is 1. The number of carboxylic acids is 1. The van der Waals surface area contributed by atoms with Gasteiger partial charge in [0.2, 0.25) is 0 Å². The lowest BCUT2D eigenvalue weighted by molar-refractivity contribution is -0.133. The summed E-state index contributed by atoms with van der Waals surface area (Å²) >= 11 is 0.232. The molecule has 0 unspecified atom stereocenters. The molecule has 0 amide bonds. The zero-order valence-corrected chi connectivity index (χ0v) is 11.2. The van der Waals surface area contributed by atoms with Gasteiger partial charge in [0.05, 0.1) is 10.6 Å². The van der Waals surface area contributed by atoms with Crippen LogP contribution in [0.4, 0.5) is 17.6 Å². The van der Waals surface area contributed by atoms with E-state index >= 15 is 0 Å². The van der Waals surface area contributed by atoms with Gasteiger partial charge in [-0.1, -0.05) is 12.8 Å². The second kappa shape index (κ2) is 6.03. The number of benzene rings is 1. The molecule has 0 spiro atoms. The molecule has 0 aromatic heterocycles. The Bertz CT molecular complexity index is 513. The minimum atomic E-state index is -1.50. The van der Waals surface area contributed by atoms with Crippen LogP contribution in [0.5, 0.6) is 0 Å². The number of carbonyl (C=O) groups is 1. The lowest BCUT2D eigenvalue weighted by Gasteiger charge is -2.15. The fraction of sp³-hybridized carbons (Fsp3) is 0.462. The van der Waals surface area contributed by atoms with Gasteiger partial charge in [0, 0.05) is 5.56 Å². The summed E-state index contributed by atoms with van der Waals surface area (Å²) < 4.78 is 55.5. The molecule has 0 aliphatic heterocycles. The van der Waals surface area contributed by atoms with Crippen molar-refractivity contribution in [2.75, 3.05) is 5.75 Å². The van der Waals surface area contributed by atoms with Crippen LogP contribution in [0.3, 0.4) is 0 Å². The first-order valence-corrected chi connectivity index (χ1v) is 7.12. The first-order chi connectivity index (χ1) is 9.43. The second-order valence-corrected chi connectivity index (χ2v) is 5.65. The summed E-state index contributed by atoms with van der Waals surface area (Å²) in [4.78, 5) is 9.48. The van der Waals surface area contributed by atoms with Crippen molar-refractivity contribution in [3.63, 3.8) is 0 Å². The van der Waals surface area contributed by atoms with Crippen LogP contribution in [-0.4, -0.2) is 16.8 Å². The number of halogens is 4. The molecule has 1 aliphatic carbocycles. The first kappa shape index (κ1) is 15.2. The number of carboxylic acid groups (broad SMARTS) is 1. The van der Waals surface area contributed by atoms with Crippen LogP contribution in [0.2, 0.25) is 0 Å². The van der Waals surface area contributed by atoms with E-state index in [4.69, 9.17) is 5.11 Å². The molecule has 20 heavy (non-hydrogen) atoms. The summed E-state index contributed by atoms with van der Waals surface area (Å²) in [7, 11) is 0. The second-order valence-electron chi connectivity index (χ2n) is 4.66. The van der Waals surface area contributed by atoms with Gasteiger partial charge >= 0.3 is 5.97 Å². The van der Waals surface area contributed by atoms with E-state index in [-0.39, 0.29) is 11.8 Å². The highest BCUT2D eigenvalue weighted by Crippen LogP contribution is 2.40. The number of aliphatic carboxylic acids is 1. The van der Waals surface area contributed by atoms with E-state index in [1.165, 1.54) is 0 Å². The monoisotopic (exact) mass is 308 g/mol. The van der Waals surface area contributed by atoms with Crippen LogP contribution in [0, 0.1) is 23.3 Å². The Hall–Kier alpha value is -1.24. The molecule has 1 aliphatic rings. The average Bonchev–Trinajstić information content (AvgIpc) is 2.90. The van der Waals surface area contributed by atoms with Crippen molar-refractivity contribution >= 4 is 17.7 Å². The molecule has 1 N–H and O–H groups in total. The zero-order valence-electron chi connectivity index (χ0n) is 10.4. The predicted molar refractivity (Wildman–Crippen MR) is 65.8 cm³/mol. The molecule has 0 saturated heterocycles. The SMILES string of the molecule is O=C(O)CSc1c(F)c(F)c(C2CCCC2)c(F)c1F. The Morgan fingerprint density at radius 1 is 1.05 bits per heavy atom. The third kappa shape index (κ3) is 2.77. The maximum atomic E-state index is 13.9. The highest BCUT2D eigenvalue weighted by molar-refractivity contribution is 8.00. The summed E-state index contributed by atoms with van der Waals surface area (Å²) in [6.07, 6.45) is 2.52. The molecular weight excluding hydrogens is 296 g/mol. The molecule has 1 saturated carbocycles. The Labute approximate surface area is 117 Å². The lowest BCUT2D eigenvalue weighted by atomic mass is 9.96. The van der Waals surface area contributed by atoms with Crippen molar-refractivity contribution in [3.8, 4) is 0 Å². The van der Waals surface area contributed by atoms with E-state index < -0.39 is 51.4 Å². The Kier molecular flexibility index (Phi) is 4.57. The summed E-state index contributed by atoms with van der Waals surface area (Å²) in [5.74, 6) is -8.32. The first-order valence-electron chi connectivity index (χ1n) is 6.14. The van der Waals surface area contributed by atoms with Gasteiger partial charge in [-0.2, -0.15) is 0 Å². The Morgan fingerprint density at radius 2 is 1.55 bits per heavy atom. The van der Waals surface area contributed by atoms with Gasteiger partial charge in [-0.15, -0.1) is 11.8 Å². The average molecular weight is 308 g/mol. The molecule has 1 aromatic carbocycles.